The molecule has 0 unspecified atom stereocenters. The van der Waals surface area contributed by atoms with Crippen LogP contribution in [0.25, 0.3) is 0 Å². The van der Waals surface area contributed by atoms with Crippen molar-refractivity contribution in [2.45, 2.75) is 6.04 Å². The number of hydrogen-bond donors (Lipinski definition) is 1. The Hall–Kier alpha value is -1.21. The molecule has 1 N–H and O–H groups in total. The first kappa shape index (κ1) is 18.1. The molecule has 0 saturated carbocycles. The number of rotatable bonds is 4. The summed E-state index contributed by atoms with van der Waals surface area (Å²) in [5.41, 5.74) is 0.984. The minimum Gasteiger partial charge on any atom is -0.494 e. The SMILES string of the molecule is COc1ccc(F)c([C@H](c2ccsc2)N2CCNCC2)c1F.Cl. The lowest BCUT2D eigenvalue weighted by atomic mass is 9.97. The van der Waals surface area contributed by atoms with Crippen molar-refractivity contribution < 1.29 is 13.5 Å². The van der Waals surface area contributed by atoms with E-state index in [0.29, 0.717) is 0 Å². The van der Waals surface area contributed by atoms with Crippen LogP contribution in [0.4, 0.5) is 8.78 Å². The first-order chi connectivity index (χ1) is 10.7. The van der Waals surface area contributed by atoms with Crippen LogP contribution in [-0.2, 0) is 0 Å². The maximum Gasteiger partial charge on any atom is 0.173 e. The topological polar surface area (TPSA) is 24.5 Å². The van der Waals surface area contributed by atoms with Gasteiger partial charge in [0.1, 0.15) is 5.82 Å². The number of methoxy groups -OCH3 is 1. The average molecular weight is 361 g/mol. The highest BCUT2D eigenvalue weighted by Gasteiger charge is 2.30. The van der Waals surface area contributed by atoms with Gasteiger partial charge in [0.2, 0.25) is 0 Å². The largest absolute Gasteiger partial charge is 0.494 e. The molecule has 0 aliphatic carbocycles. The quantitative estimate of drug-likeness (QED) is 0.903. The molecule has 7 heteroatoms. The van der Waals surface area contributed by atoms with Crippen molar-refractivity contribution in [2.75, 3.05) is 33.3 Å². The van der Waals surface area contributed by atoms with Crippen molar-refractivity contribution in [1.29, 1.82) is 0 Å². The summed E-state index contributed by atoms with van der Waals surface area (Å²) in [6.45, 7) is 3.12. The smallest absolute Gasteiger partial charge is 0.173 e. The van der Waals surface area contributed by atoms with Crippen molar-refractivity contribution in [1.82, 2.24) is 10.2 Å². The summed E-state index contributed by atoms with van der Waals surface area (Å²) < 4.78 is 34.2. The lowest BCUT2D eigenvalue weighted by molar-refractivity contribution is 0.191. The molecule has 1 aromatic carbocycles. The average Bonchev–Trinajstić information content (AvgIpc) is 3.06. The Labute approximate surface area is 144 Å². The lowest BCUT2D eigenvalue weighted by Crippen LogP contribution is -2.45. The molecular weight excluding hydrogens is 342 g/mol. The molecule has 126 valence electrons. The first-order valence-corrected chi connectivity index (χ1v) is 8.15. The highest BCUT2D eigenvalue weighted by Crippen LogP contribution is 2.36. The maximum atomic E-state index is 14.7. The summed E-state index contributed by atoms with van der Waals surface area (Å²) in [6.07, 6.45) is 0. The summed E-state index contributed by atoms with van der Waals surface area (Å²) in [5.74, 6) is -1.07. The van der Waals surface area contributed by atoms with Gasteiger partial charge in [-0.1, -0.05) is 0 Å². The third-order valence-electron chi connectivity index (χ3n) is 3.96. The fourth-order valence-electron chi connectivity index (χ4n) is 2.89. The third kappa shape index (κ3) is 3.66. The van der Waals surface area contributed by atoms with Gasteiger partial charge in [-0.3, -0.25) is 4.90 Å². The van der Waals surface area contributed by atoms with E-state index in [4.69, 9.17) is 4.74 Å². The van der Waals surface area contributed by atoms with Crippen LogP contribution in [0, 0.1) is 11.6 Å². The van der Waals surface area contributed by atoms with Gasteiger partial charge in [-0.2, -0.15) is 11.3 Å². The second-order valence-electron chi connectivity index (χ2n) is 5.22. The van der Waals surface area contributed by atoms with Crippen molar-refractivity contribution in [3.05, 3.63) is 51.7 Å². The Morgan fingerprint density at radius 1 is 1.22 bits per heavy atom. The third-order valence-corrected chi connectivity index (χ3v) is 4.66. The Bertz CT molecular complexity index is 633. The van der Waals surface area contributed by atoms with E-state index in [9.17, 15) is 8.78 Å². The van der Waals surface area contributed by atoms with Gasteiger partial charge in [-0.05, 0) is 34.5 Å². The molecule has 1 saturated heterocycles. The Balaban J connectivity index is 0.00000192. The molecule has 1 aliphatic rings. The van der Waals surface area contributed by atoms with E-state index in [-0.39, 0.29) is 23.7 Å². The zero-order valence-corrected chi connectivity index (χ0v) is 14.4. The van der Waals surface area contributed by atoms with E-state index in [1.807, 2.05) is 16.8 Å². The van der Waals surface area contributed by atoms with Crippen LogP contribution in [-0.4, -0.2) is 38.2 Å². The normalized spacial score (nSPS) is 16.7. The second-order valence-corrected chi connectivity index (χ2v) is 6.00. The van der Waals surface area contributed by atoms with E-state index in [1.165, 1.54) is 30.6 Å². The molecular formula is C16H19ClF2N2OS. The van der Waals surface area contributed by atoms with Crippen LogP contribution in [0.3, 0.4) is 0 Å². The predicted molar refractivity (Wildman–Crippen MR) is 90.8 cm³/mol. The minimum atomic E-state index is -0.614. The number of ether oxygens (including phenoxy) is 1. The van der Waals surface area contributed by atoms with E-state index in [1.54, 1.807) is 0 Å². The fourth-order valence-corrected chi connectivity index (χ4v) is 3.57. The van der Waals surface area contributed by atoms with Crippen LogP contribution >= 0.6 is 23.7 Å². The maximum absolute atomic E-state index is 14.7. The number of halogens is 3. The Kier molecular flexibility index (Phi) is 6.35. The van der Waals surface area contributed by atoms with Crippen molar-refractivity contribution in [2.24, 2.45) is 0 Å². The molecule has 0 bridgehead atoms. The molecule has 0 radical (unpaired) electrons. The van der Waals surface area contributed by atoms with Crippen LogP contribution in [0.5, 0.6) is 5.75 Å². The molecule has 23 heavy (non-hydrogen) atoms. The Morgan fingerprint density at radius 3 is 2.57 bits per heavy atom. The predicted octanol–water partition coefficient (Wildman–Crippen LogP) is 3.45. The van der Waals surface area contributed by atoms with Gasteiger partial charge >= 0.3 is 0 Å². The number of nitrogens with one attached hydrogen (secondary N) is 1. The van der Waals surface area contributed by atoms with Crippen LogP contribution in [0.1, 0.15) is 17.2 Å². The first-order valence-electron chi connectivity index (χ1n) is 7.21. The molecule has 1 fully saturated rings. The highest BCUT2D eigenvalue weighted by atomic mass is 35.5. The van der Waals surface area contributed by atoms with Crippen LogP contribution in [0.15, 0.2) is 29.0 Å². The molecule has 1 aromatic heterocycles. The molecule has 2 aromatic rings. The summed E-state index contributed by atoms with van der Waals surface area (Å²) in [4.78, 5) is 2.11. The molecule has 1 aliphatic heterocycles. The minimum absolute atomic E-state index is 0. The zero-order chi connectivity index (χ0) is 15.5. The van der Waals surface area contributed by atoms with Crippen molar-refractivity contribution in [3.8, 4) is 5.75 Å². The Morgan fingerprint density at radius 2 is 1.96 bits per heavy atom. The van der Waals surface area contributed by atoms with E-state index in [2.05, 4.69) is 10.2 Å². The van der Waals surface area contributed by atoms with Crippen molar-refractivity contribution >= 4 is 23.7 Å². The van der Waals surface area contributed by atoms with Crippen LogP contribution in [0.2, 0.25) is 0 Å². The van der Waals surface area contributed by atoms with E-state index < -0.39 is 17.7 Å². The number of benzene rings is 1. The highest BCUT2D eigenvalue weighted by molar-refractivity contribution is 7.08. The number of nitrogens with zero attached hydrogens (tertiary/aromatic N) is 1. The summed E-state index contributed by atoms with van der Waals surface area (Å²) in [5, 5.41) is 7.15. The second kappa shape index (κ2) is 8.06. The molecule has 3 nitrogen and oxygen atoms in total. The standard InChI is InChI=1S/C16H18F2N2OS.ClH/c1-21-13-3-2-12(17)14(15(13)18)16(11-4-9-22-10-11)20-7-5-19-6-8-20;/h2-4,9-10,16,19H,5-8H2,1H3;1H/t16-;/m0./s1. The molecule has 3 rings (SSSR count). The van der Waals surface area contributed by atoms with Crippen LogP contribution < -0.4 is 10.1 Å². The van der Waals surface area contributed by atoms with E-state index in [0.717, 1.165) is 31.7 Å². The summed E-state index contributed by atoms with van der Waals surface area (Å²) >= 11 is 1.53. The van der Waals surface area contributed by atoms with Gasteiger partial charge in [0.25, 0.3) is 0 Å². The summed E-state index contributed by atoms with van der Waals surface area (Å²) in [7, 11) is 1.39. The molecule has 0 amide bonds. The van der Waals surface area contributed by atoms with Gasteiger partial charge in [-0.15, -0.1) is 12.4 Å². The van der Waals surface area contributed by atoms with Crippen molar-refractivity contribution in [3.63, 3.8) is 0 Å². The van der Waals surface area contributed by atoms with Gasteiger partial charge in [-0.25, -0.2) is 8.78 Å². The van der Waals surface area contributed by atoms with Gasteiger partial charge in [0.05, 0.1) is 13.2 Å². The monoisotopic (exact) mass is 360 g/mol. The van der Waals surface area contributed by atoms with Gasteiger partial charge < -0.3 is 10.1 Å². The molecule has 0 spiro atoms. The lowest BCUT2D eigenvalue weighted by Gasteiger charge is -2.35. The van der Waals surface area contributed by atoms with E-state index >= 15 is 0 Å². The summed E-state index contributed by atoms with van der Waals surface area (Å²) in [6, 6.07) is 4.11. The zero-order valence-electron chi connectivity index (χ0n) is 12.7. The molecule has 1 atom stereocenters. The number of piperazine rings is 1. The number of hydrogen-bond acceptors (Lipinski definition) is 4. The van der Waals surface area contributed by atoms with Gasteiger partial charge in [0, 0.05) is 31.7 Å². The molecule has 2 heterocycles. The number of thiophene rings is 1. The fraction of sp³-hybridized carbons (Fsp3) is 0.375. The van der Waals surface area contributed by atoms with Gasteiger partial charge in [0.15, 0.2) is 11.6 Å².